The van der Waals surface area contributed by atoms with E-state index in [4.69, 9.17) is 14.7 Å². The lowest BCUT2D eigenvalue weighted by atomic mass is 9.84. The van der Waals surface area contributed by atoms with E-state index < -0.39 is 0 Å². The Labute approximate surface area is 190 Å². The lowest BCUT2D eigenvalue weighted by molar-refractivity contribution is 0.304. The third-order valence-electron chi connectivity index (χ3n) is 6.60. The van der Waals surface area contributed by atoms with Gasteiger partial charge in [-0.05, 0) is 61.4 Å². The van der Waals surface area contributed by atoms with Crippen LogP contribution in [0.4, 0.5) is 0 Å². The molecule has 1 aliphatic rings. The summed E-state index contributed by atoms with van der Waals surface area (Å²) in [7, 11) is 0. The first-order chi connectivity index (χ1) is 15.3. The van der Waals surface area contributed by atoms with Crippen LogP contribution in [0.2, 0.25) is 0 Å². The van der Waals surface area contributed by atoms with Crippen molar-refractivity contribution in [1.29, 1.82) is 0 Å². The molecule has 0 N–H and O–H groups in total. The van der Waals surface area contributed by atoms with E-state index in [0.717, 1.165) is 48.9 Å². The lowest BCUT2D eigenvalue weighted by Crippen LogP contribution is -2.16. The number of unbranched alkanes of at least 4 members (excludes halogenated alkanes) is 8. The summed E-state index contributed by atoms with van der Waals surface area (Å²) in [5.41, 5.74) is 3.71. The number of ether oxygens (including phenoxy) is 1. The predicted molar refractivity (Wildman–Crippen MR) is 131 cm³/mol. The van der Waals surface area contributed by atoms with Gasteiger partial charge in [-0.15, -0.1) is 0 Å². The molecule has 1 atom stereocenters. The summed E-state index contributed by atoms with van der Waals surface area (Å²) in [5.74, 6) is 2.62. The van der Waals surface area contributed by atoms with Crippen molar-refractivity contribution >= 4 is 0 Å². The zero-order valence-corrected chi connectivity index (χ0v) is 19.9. The summed E-state index contributed by atoms with van der Waals surface area (Å²) in [6.07, 6.45) is 20.2. The topological polar surface area (TPSA) is 35.0 Å². The van der Waals surface area contributed by atoms with Crippen molar-refractivity contribution in [3.8, 4) is 17.1 Å². The number of nitrogens with zero attached hydrogens (tertiary/aromatic N) is 2. The fourth-order valence-electron chi connectivity index (χ4n) is 4.60. The predicted octanol–water partition coefficient (Wildman–Crippen LogP) is 7.96. The number of fused-ring (bicyclic) bond motifs is 1. The number of hydrogen-bond acceptors (Lipinski definition) is 3. The van der Waals surface area contributed by atoms with Crippen molar-refractivity contribution in [2.75, 3.05) is 6.61 Å². The molecular formula is C28H42N2O. The number of rotatable bonds is 14. The van der Waals surface area contributed by atoms with Crippen LogP contribution >= 0.6 is 0 Å². The van der Waals surface area contributed by atoms with Crippen molar-refractivity contribution in [2.24, 2.45) is 5.92 Å². The Kier molecular flexibility index (Phi) is 10.3. The van der Waals surface area contributed by atoms with E-state index in [9.17, 15) is 0 Å². The van der Waals surface area contributed by atoms with Crippen LogP contribution in [0.5, 0.6) is 5.75 Å². The molecule has 1 aliphatic carbocycles. The molecule has 1 unspecified atom stereocenters. The minimum atomic E-state index is 0.806. The van der Waals surface area contributed by atoms with Gasteiger partial charge in [0.15, 0.2) is 5.82 Å². The summed E-state index contributed by atoms with van der Waals surface area (Å²) < 4.78 is 5.91. The van der Waals surface area contributed by atoms with Crippen LogP contribution in [0.3, 0.4) is 0 Å². The van der Waals surface area contributed by atoms with Gasteiger partial charge in [0.05, 0.1) is 6.61 Å². The Morgan fingerprint density at radius 1 is 0.871 bits per heavy atom. The van der Waals surface area contributed by atoms with E-state index in [-0.39, 0.29) is 0 Å². The first kappa shape index (κ1) is 23.8. The van der Waals surface area contributed by atoms with Crippen molar-refractivity contribution < 1.29 is 4.74 Å². The quantitative estimate of drug-likeness (QED) is 0.290. The van der Waals surface area contributed by atoms with Gasteiger partial charge in [-0.1, -0.05) is 78.1 Å². The molecule has 1 aromatic heterocycles. The molecule has 0 radical (unpaired) electrons. The Morgan fingerprint density at radius 2 is 1.58 bits per heavy atom. The first-order valence-corrected chi connectivity index (χ1v) is 12.9. The van der Waals surface area contributed by atoms with Gasteiger partial charge in [0.2, 0.25) is 0 Å². The van der Waals surface area contributed by atoms with Gasteiger partial charge in [0.1, 0.15) is 5.75 Å². The van der Waals surface area contributed by atoms with Crippen molar-refractivity contribution in [3.05, 3.63) is 41.7 Å². The highest BCUT2D eigenvalue weighted by Gasteiger charge is 2.20. The average Bonchev–Trinajstić information content (AvgIpc) is 2.81. The molecule has 0 saturated heterocycles. The molecule has 170 valence electrons. The van der Waals surface area contributed by atoms with Gasteiger partial charge in [0, 0.05) is 17.5 Å². The van der Waals surface area contributed by atoms with E-state index in [0.29, 0.717) is 0 Å². The van der Waals surface area contributed by atoms with Crippen LogP contribution < -0.4 is 4.74 Å². The van der Waals surface area contributed by atoms with Gasteiger partial charge in [-0.25, -0.2) is 9.97 Å². The van der Waals surface area contributed by atoms with Crippen molar-refractivity contribution in [1.82, 2.24) is 9.97 Å². The third-order valence-corrected chi connectivity index (χ3v) is 6.60. The second-order valence-electron chi connectivity index (χ2n) is 9.26. The maximum absolute atomic E-state index is 5.91. The summed E-state index contributed by atoms with van der Waals surface area (Å²) in [4.78, 5) is 9.61. The molecule has 3 heteroatoms. The fraction of sp³-hybridized carbons (Fsp3) is 0.643. The highest BCUT2D eigenvalue weighted by Crippen LogP contribution is 2.29. The normalized spacial score (nSPS) is 15.6. The summed E-state index contributed by atoms with van der Waals surface area (Å²) in [6, 6.07) is 8.30. The molecule has 0 bridgehead atoms. The molecule has 31 heavy (non-hydrogen) atoms. The van der Waals surface area contributed by atoms with Crippen LogP contribution in [0.25, 0.3) is 11.4 Å². The second kappa shape index (κ2) is 13.5. The number of aryl methyl sites for hydroxylation is 1. The monoisotopic (exact) mass is 422 g/mol. The first-order valence-electron chi connectivity index (χ1n) is 12.9. The zero-order valence-electron chi connectivity index (χ0n) is 19.9. The molecule has 0 amide bonds. The molecule has 2 aromatic rings. The number of hydrogen-bond donors (Lipinski definition) is 0. The van der Waals surface area contributed by atoms with Gasteiger partial charge in [-0.3, -0.25) is 0 Å². The maximum atomic E-state index is 5.91. The highest BCUT2D eigenvalue weighted by molar-refractivity contribution is 5.56. The molecule has 0 saturated carbocycles. The average molecular weight is 423 g/mol. The third kappa shape index (κ3) is 7.94. The van der Waals surface area contributed by atoms with Gasteiger partial charge >= 0.3 is 0 Å². The van der Waals surface area contributed by atoms with Crippen molar-refractivity contribution in [3.63, 3.8) is 0 Å². The van der Waals surface area contributed by atoms with Crippen LogP contribution in [-0.2, 0) is 12.8 Å². The minimum Gasteiger partial charge on any atom is -0.494 e. The Bertz CT molecular complexity index is 756. The lowest BCUT2D eigenvalue weighted by Gasteiger charge is -2.24. The van der Waals surface area contributed by atoms with Crippen LogP contribution in [0, 0.1) is 5.92 Å². The molecule has 0 fully saturated rings. The van der Waals surface area contributed by atoms with Crippen LogP contribution in [0.1, 0.15) is 102 Å². The van der Waals surface area contributed by atoms with Crippen LogP contribution in [-0.4, -0.2) is 16.6 Å². The van der Waals surface area contributed by atoms with E-state index in [1.807, 2.05) is 0 Å². The Morgan fingerprint density at radius 3 is 2.35 bits per heavy atom. The molecule has 1 heterocycles. The van der Waals surface area contributed by atoms with Crippen LogP contribution in [0.15, 0.2) is 30.5 Å². The minimum absolute atomic E-state index is 0.806. The maximum Gasteiger partial charge on any atom is 0.159 e. The molecular weight excluding hydrogens is 380 g/mol. The van der Waals surface area contributed by atoms with E-state index in [1.54, 1.807) is 0 Å². The summed E-state index contributed by atoms with van der Waals surface area (Å²) >= 11 is 0. The second-order valence-corrected chi connectivity index (χ2v) is 9.26. The number of benzene rings is 1. The Hall–Kier alpha value is -1.90. The Balaban J connectivity index is 1.45. The van der Waals surface area contributed by atoms with E-state index in [1.165, 1.54) is 81.9 Å². The molecule has 1 aromatic carbocycles. The van der Waals surface area contributed by atoms with Gasteiger partial charge in [-0.2, -0.15) is 0 Å². The molecule has 0 spiro atoms. The molecule has 3 rings (SSSR count). The largest absolute Gasteiger partial charge is 0.494 e. The zero-order chi connectivity index (χ0) is 21.7. The van der Waals surface area contributed by atoms with Gasteiger partial charge in [0.25, 0.3) is 0 Å². The SMILES string of the molecule is CCCCCCCCOc1ccc(-c2ncc3c(n2)CCC(CCCCCC)C3)cc1. The van der Waals surface area contributed by atoms with Crippen molar-refractivity contribution in [2.45, 2.75) is 104 Å². The summed E-state index contributed by atoms with van der Waals surface area (Å²) in [6.45, 7) is 5.34. The number of aromatic nitrogens is 2. The summed E-state index contributed by atoms with van der Waals surface area (Å²) in [5, 5.41) is 0. The highest BCUT2D eigenvalue weighted by atomic mass is 16.5. The van der Waals surface area contributed by atoms with E-state index >= 15 is 0 Å². The fourth-order valence-corrected chi connectivity index (χ4v) is 4.60. The smallest absolute Gasteiger partial charge is 0.159 e. The molecule has 0 aliphatic heterocycles. The van der Waals surface area contributed by atoms with E-state index in [2.05, 4.69) is 44.3 Å². The molecule has 3 nitrogen and oxygen atoms in total. The standard InChI is InChI=1S/C28H42N2O/c1-3-5-7-9-10-12-20-31-26-17-15-24(16-18-26)28-29-22-25-21-23(13-11-8-6-4-2)14-19-27(25)30-28/h15-18,22-23H,3-14,19-21H2,1-2H3. The van der Waals surface area contributed by atoms with Gasteiger partial charge < -0.3 is 4.74 Å².